The van der Waals surface area contributed by atoms with E-state index in [1.54, 1.807) is 6.07 Å². The first-order chi connectivity index (χ1) is 12.4. The molecule has 2 aliphatic rings. The normalized spacial score (nSPS) is 23.0. The van der Waals surface area contributed by atoms with E-state index >= 15 is 0 Å². The van der Waals surface area contributed by atoms with Gasteiger partial charge in [0.15, 0.2) is 11.5 Å². The Morgan fingerprint density at radius 2 is 1.96 bits per heavy atom. The molecule has 1 unspecified atom stereocenters. The van der Waals surface area contributed by atoms with Crippen LogP contribution in [0.5, 0.6) is 5.75 Å². The summed E-state index contributed by atoms with van der Waals surface area (Å²) in [5.74, 6) is 0.933. The van der Waals surface area contributed by atoms with E-state index < -0.39 is 5.60 Å². The highest BCUT2D eigenvalue weighted by Gasteiger charge is 2.37. The zero-order chi connectivity index (χ0) is 18.5. The van der Waals surface area contributed by atoms with E-state index in [0.717, 1.165) is 43.3 Å². The standard InChI is InChI=1S/C21H25NO4/c1-4-21(3)12-14(23)18-16(26-21)9-8-15-17(18)13(2)19(25-15)20(24)22-10-6-5-7-11-22/h8-9H,4-7,10-12H2,1-3H3. The first-order valence-electron chi connectivity index (χ1n) is 9.51. The van der Waals surface area contributed by atoms with Crippen molar-refractivity contribution in [2.75, 3.05) is 13.1 Å². The second kappa shape index (κ2) is 6.15. The number of rotatable bonds is 2. The van der Waals surface area contributed by atoms with Gasteiger partial charge in [-0.25, -0.2) is 0 Å². The van der Waals surface area contributed by atoms with E-state index in [0.29, 0.717) is 29.1 Å². The Morgan fingerprint density at radius 3 is 2.65 bits per heavy atom. The fourth-order valence-electron chi connectivity index (χ4n) is 4.06. The molecule has 1 aromatic heterocycles. The summed E-state index contributed by atoms with van der Waals surface area (Å²) in [5, 5.41) is 0.728. The van der Waals surface area contributed by atoms with Gasteiger partial charge in [-0.3, -0.25) is 9.59 Å². The van der Waals surface area contributed by atoms with Crippen molar-refractivity contribution in [1.82, 2.24) is 4.90 Å². The van der Waals surface area contributed by atoms with E-state index in [1.165, 1.54) is 6.42 Å². The highest BCUT2D eigenvalue weighted by Crippen LogP contribution is 2.41. The molecule has 1 fully saturated rings. The molecule has 26 heavy (non-hydrogen) atoms. The third kappa shape index (κ3) is 2.61. The predicted octanol–water partition coefficient (Wildman–Crippen LogP) is 4.50. The van der Waals surface area contributed by atoms with Crippen molar-refractivity contribution >= 4 is 22.7 Å². The molecule has 0 radical (unpaired) electrons. The number of hydrogen-bond donors (Lipinski definition) is 0. The number of furan rings is 1. The SMILES string of the molecule is CCC1(C)CC(=O)c2c(ccc3oc(C(=O)N4CCCCC4)c(C)c23)O1. The van der Waals surface area contributed by atoms with Gasteiger partial charge in [-0.05, 0) is 51.7 Å². The lowest BCUT2D eigenvalue weighted by molar-refractivity contribution is 0.0502. The van der Waals surface area contributed by atoms with Crippen molar-refractivity contribution in [2.45, 2.75) is 58.5 Å². The zero-order valence-electron chi connectivity index (χ0n) is 15.7. The number of Topliss-reactive ketones (excluding diaryl/α,β-unsaturated/α-hetero) is 1. The number of aryl methyl sites for hydroxylation is 1. The molecule has 0 aliphatic carbocycles. The molecule has 1 atom stereocenters. The largest absolute Gasteiger partial charge is 0.486 e. The van der Waals surface area contributed by atoms with Gasteiger partial charge < -0.3 is 14.1 Å². The van der Waals surface area contributed by atoms with E-state index in [9.17, 15) is 9.59 Å². The first-order valence-corrected chi connectivity index (χ1v) is 9.51. The second-order valence-electron chi connectivity index (χ2n) is 7.73. The molecule has 138 valence electrons. The van der Waals surface area contributed by atoms with Crippen molar-refractivity contribution in [1.29, 1.82) is 0 Å². The molecule has 0 bridgehead atoms. The highest BCUT2D eigenvalue weighted by molar-refractivity contribution is 6.13. The molecule has 0 N–H and O–H groups in total. The van der Waals surface area contributed by atoms with Crippen LogP contribution < -0.4 is 4.74 Å². The molecular weight excluding hydrogens is 330 g/mol. The maximum atomic E-state index is 12.9. The van der Waals surface area contributed by atoms with E-state index in [2.05, 4.69) is 0 Å². The molecule has 5 heteroatoms. The summed E-state index contributed by atoms with van der Waals surface area (Å²) < 4.78 is 12.0. The Balaban J connectivity index is 1.80. The number of carbonyl (C=O) groups is 2. The lowest BCUT2D eigenvalue weighted by Crippen LogP contribution is -2.38. The number of likely N-dealkylation sites (tertiary alicyclic amines) is 1. The summed E-state index contributed by atoms with van der Waals surface area (Å²) >= 11 is 0. The molecule has 1 amide bonds. The number of benzene rings is 1. The summed E-state index contributed by atoms with van der Waals surface area (Å²) in [4.78, 5) is 27.6. The summed E-state index contributed by atoms with van der Waals surface area (Å²) in [7, 11) is 0. The van der Waals surface area contributed by atoms with Gasteiger partial charge >= 0.3 is 0 Å². The van der Waals surface area contributed by atoms with Gasteiger partial charge in [0, 0.05) is 24.0 Å². The fraction of sp³-hybridized carbons (Fsp3) is 0.524. The molecule has 4 rings (SSSR count). The zero-order valence-corrected chi connectivity index (χ0v) is 15.7. The number of fused-ring (bicyclic) bond motifs is 3. The van der Waals surface area contributed by atoms with Gasteiger partial charge in [-0.2, -0.15) is 0 Å². The van der Waals surface area contributed by atoms with Gasteiger partial charge in [0.25, 0.3) is 5.91 Å². The molecule has 1 aromatic carbocycles. The van der Waals surface area contributed by atoms with Crippen LogP contribution in [0.2, 0.25) is 0 Å². The van der Waals surface area contributed by atoms with Crippen LogP contribution in [0, 0.1) is 6.92 Å². The Kier molecular flexibility index (Phi) is 4.05. The molecule has 5 nitrogen and oxygen atoms in total. The maximum absolute atomic E-state index is 12.9. The topological polar surface area (TPSA) is 59.8 Å². The third-order valence-electron chi connectivity index (χ3n) is 5.81. The number of piperidine rings is 1. The van der Waals surface area contributed by atoms with Crippen molar-refractivity contribution in [3.63, 3.8) is 0 Å². The van der Waals surface area contributed by atoms with Crippen LogP contribution >= 0.6 is 0 Å². The van der Waals surface area contributed by atoms with Gasteiger partial charge in [-0.1, -0.05) is 6.92 Å². The fourth-order valence-corrected chi connectivity index (χ4v) is 4.06. The Morgan fingerprint density at radius 1 is 1.23 bits per heavy atom. The maximum Gasteiger partial charge on any atom is 0.289 e. The van der Waals surface area contributed by atoms with Gasteiger partial charge in [0.1, 0.15) is 16.9 Å². The predicted molar refractivity (Wildman–Crippen MR) is 99.0 cm³/mol. The first kappa shape index (κ1) is 17.1. The van der Waals surface area contributed by atoms with Gasteiger partial charge in [0.05, 0.1) is 12.0 Å². The minimum Gasteiger partial charge on any atom is -0.486 e. The number of ether oxygens (including phenoxy) is 1. The lowest BCUT2D eigenvalue weighted by atomic mass is 9.87. The molecule has 2 aromatic rings. The second-order valence-corrected chi connectivity index (χ2v) is 7.73. The minimum atomic E-state index is -0.470. The van der Waals surface area contributed by atoms with Crippen LogP contribution in [-0.2, 0) is 0 Å². The Labute approximate surface area is 153 Å². The average Bonchev–Trinajstić information content (AvgIpc) is 2.98. The van der Waals surface area contributed by atoms with Gasteiger partial charge in [-0.15, -0.1) is 0 Å². The average molecular weight is 355 g/mol. The van der Waals surface area contributed by atoms with Gasteiger partial charge in [0.2, 0.25) is 0 Å². The van der Waals surface area contributed by atoms with Crippen molar-refractivity contribution in [2.24, 2.45) is 0 Å². The highest BCUT2D eigenvalue weighted by atomic mass is 16.5. The quantitative estimate of drug-likeness (QED) is 0.796. The molecule has 0 spiro atoms. The van der Waals surface area contributed by atoms with Crippen LogP contribution in [0.25, 0.3) is 11.0 Å². The Bertz CT molecular complexity index is 891. The summed E-state index contributed by atoms with van der Waals surface area (Å²) in [6.45, 7) is 7.39. The number of nitrogens with zero attached hydrogens (tertiary/aromatic N) is 1. The number of hydrogen-bond acceptors (Lipinski definition) is 4. The monoisotopic (exact) mass is 355 g/mol. The molecule has 3 heterocycles. The molecule has 2 aliphatic heterocycles. The van der Waals surface area contributed by atoms with Crippen molar-refractivity contribution in [3.05, 3.63) is 29.0 Å². The van der Waals surface area contributed by atoms with Crippen LogP contribution in [0.4, 0.5) is 0 Å². The van der Waals surface area contributed by atoms with Crippen LogP contribution in [0.15, 0.2) is 16.5 Å². The van der Waals surface area contributed by atoms with E-state index in [1.807, 2.05) is 31.7 Å². The smallest absolute Gasteiger partial charge is 0.289 e. The summed E-state index contributed by atoms with van der Waals surface area (Å²) in [6, 6.07) is 3.60. The molecule has 0 saturated carbocycles. The molecular formula is C21H25NO4. The van der Waals surface area contributed by atoms with Crippen LogP contribution in [0.1, 0.15) is 72.4 Å². The van der Waals surface area contributed by atoms with E-state index in [-0.39, 0.29) is 11.7 Å². The number of carbonyl (C=O) groups excluding carboxylic acids is 2. The van der Waals surface area contributed by atoms with Crippen LogP contribution in [-0.4, -0.2) is 35.3 Å². The summed E-state index contributed by atoms with van der Waals surface area (Å²) in [6.07, 6.45) is 4.33. The van der Waals surface area contributed by atoms with Crippen LogP contribution in [0.3, 0.4) is 0 Å². The van der Waals surface area contributed by atoms with E-state index in [4.69, 9.17) is 9.15 Å². The molecule has 1 saturated heterocycles. The van der Waals surface area contributed by atoms with Crippen molar-refractivity contribution in [3.8, 4) is 5.75 Å². The summed E-state index contributed by atoms with van der Waals surface area (Å²) in [5.41, 5.74) is 1.41. The lowest BCUT2D eigenvalue weighted by Gasteiger charge is -2.34. The number of ketones is 1. The number of amides is 1. The van der Waals surface area contributed by atoms with Crippen molar-refractivity contribution < 1.29 is 18.7 Å². The Hall–Kier alpha value is -2.30. The third-order valence-corrected chi connectivity index (χ3v) is 5.81. The minimum absolute atomic E-state index is 0.0575.